The summed E-state index contributed by atoms with van der Waals surface area (Å²) < 4.78 is 5.70. The van der Waals surface area contributed by atoms with Gasteiger partial charge in [0.1, 0.15) is 0 Å². The number of nitrogens with zero attached hydrogens (tertiary/aromatic N) is 1. The molecule has 1 heterocycles. The molecule has 1 aliphatic heterocycles. The standard InChI is InChI=1S/C12H26N2O/c1-4-5-6-12(13)9-14-7-10(2)15-11(3)8-14/h10-12H,4-9,13H2,1-3H3/t10-,11+,12?. The topological polar surface area (TPSA) is 38.5 Å². The van der Waals surface area contributed by atoms with E-state index in [0.29, 0.717) is 18.2 Å². The van der Waals surface area contributed by atoms with Crippen molar-refractivity contribution in [3.8, 4) is 0 Å². The predicted octanol–water partition coefficient (Wildman–Crippen LogP) is 1.61. The summed E-state index contributed by atoms with van der Waals surface area (Å²) in [6.45, 7) is 9.58. The van der Waals surface area contributed by atoms with Crippen LogP contribution in [0.1, 0.15) is 40.0 Å². The van der Waals surface area contributed by atoms with Crippen LogP contribution in [0, 0.1) is 0 Å². The van der Waals surface area contributed by atoms with Gasteiger partial charge in [0.15, 0.2) is 0 Å². The molecule has 0 aromatic heterocycles. The lowest BCUT2D eigenvalue weighted by Gasteiger charge is -2.36. The number of nitrogens with two attached hydrogens (primary N) is 1. The summed E-state index contributed by atoms with van der Waals surface area (Å²) in [6, 6.07) is 0.336. The van der Waals surface area contributed by atoms with Crippen LogP contribution >= 0.6 is 0 Å². The Kier molecular flexibility index (Phi) is 5.58. The summed E-state index contributed by atoms with van der Waals surface area (Å²) in [7, 11) is 0. The molecule has 3 atom stereocenters. The first-order valence-electron chi connectivity index (χ1n) is 6.25. The van der Waals surface area contributed by atoms with Crippen molar-refractivity contribution < 1.29 is 4.74 Å². The molecule has 1 fully saturated rings. The Hall–Kier alpha value is -0.120. The summed E-state index contributed by atoms with van der Waals surface area (Å²) in [5.74, 6) is 0. The van der Waals surface area contributed by atoms with Gasteiger partial charge < -0.3 is 10.5 Å². The third-order valence-corrected chi connectivity index (χ3v) is 2.92. The molecule has 15 heavy (non-hydrogen) atoms. The molecule has 0 saturated carbocycles. The number of ether oxygens (including phenoxy) is 1. The van der Waals surface area contributed by atoms with E-state index in [2.05, 4.69) is 25.7 Å². The van der Waals surface area contributed by atoms with Gasteiger partial charge in [0.25, 0.3) is 0 Å². The van der Waals surface area contributed by atoms with E-state index in [9.17, 15) is 0 Å². The van der Waals surface area contributed by atoms with Crippen LogP contribution in [-0.4, -0.2) is 42.8 Å². The zero-order valence-electron chi connectivity index (χ0n) is 10.4. The first-order valence-corrected chi connectivity index (χ1v) is 6.25. The van der Waals surface area contributed by atoms with Gasteiger partial charge in [0, 0.05) is 25.7 Å². The molecule has 1 aliphatic rings. The number of hydrogen-bond acceptors (Lipinski definition) is 3. The second-order valence-corrected chi connectivity index (χ2v) is 4.88. The molecule has 0 aromatic rings. The summed E-state index contributed by atoms with van der Waals surface area (Å²) in [5.41, 5.74) is 6.10. The van der Waals surface area contributed by atoms with Crippen LogP contribution < -0.4 is 5.73 Å². The van der Waals surface area contributed by atoms with E-state index in [1.54, 1.807) is 0 Å². The SMILES string of the molecule is CCCCC(N)CN1C[C@@H](C)O[C@@H](C)C1. The second-order valence-electron chi connectivity index (χ2n) is 4.88. The average Bonchev–Trinajstić information content (AvgIpc) is 2.13. The Balaban J connectivity index is 2.24. The smallest absolute Gasteiger partial charge is 0.0678 e. The van der Waals surface area contributed by atoms with Crippen LogP contribution in [0.25, 0.3) is 0 Å². The summed E-state index contributed by atoms with van der Waals surface area (Å²) in [4.78, 5) is 2.44. The quantitative estimate of drug-likeness (QED) is 0.755. The lowest BCUT2D eigenvalue weighted by atomic mass is 10.1. The van der Waals surface area contributed by atoms with Gasteiger partial charge >= 0.3 is 0 Å². The fraction of sp³-hybridized carbons (Fsp3) is 1.00. The summed E-state index contributed by atoms with van der Waals surface area (Å²) >= 11 is 0. The van der Waals surface area contributed by atoms with E-state index < -0.39 is 0 Å². The van der Waals surface area contributed by atoms with Gasteiger partial charge in [-0.1, -0.05) is 19.8 Å². The first-order chi connectivity index (χ1) is 7.11. The summed E-state index contributed by atoms with van der Waals surface area (Å²) in [6.07, 6.45) is 4.34. The minimum Gasteiger partial charge on any atom is -0.373 e. The highest BCUT2D eigenvalue weighted by Crippen LogP contribution is 2.11. The van der Waals surface area contributed by atoms with Crippen LogP contribution in [0.2, 0.25) is 0 Å². The van der Waals surface area contributed by atoms with Crippen LogP contribution in [0.15, 0.2) is 0 Å². The van der Waals surface area contributed by atoms with Gasteiger partial charge in [0.05, 0.1) is 12.2 Å². The lowest BCUT2D eigenvalue weighted by Crippen LogP contribution is -2.49. The van der Waals surface area contributed by atoms with Crippen molar-refractivity contribution in [3.63, 3.8) is 0 Å². The van der Waals surface area contributed by atoms with Crippen LogP contribution in [0.3, 0.4) is 0 Å². The fourth-order valence-corrected chi connectivity index (χ4v) is 2.32. The third-order valence-electron chi connectivity index (χ3n) is 2.92. The minimum absolute atomic E-state index is 0.336. The van der Waals surface area contributed by atoms with Gasteiger partial charge in [-0.3, -0.25) is 4.90 Å². The zero-order valence-corrected chi connectivity index (χ0v) is 10.4. The van der Waals surface area contributed by atoms with E-state index >= 15 is 0 Å². The van der Waals surface area contributed by atoms with Crippen molar-refractivity contribution in [2.75, 3.05) is 19.6 Å². The van der Waals surface area contributed by atoms with Gasteiger partial charge in [-0.25, -0.2) is 0 Å². The molecule has 0 spiro atoms. The van der Waals surface area contributed by atoms with E-state index in [0.717, 1.165) is 26.1 Å². The second kappa shape index (κ2) is 6.46. The highest BCUT2D eigenvalue weighted by atomic mass is 16.5. The molecular weight excluding hydrogens is 188 g/mol. The highest BCUT2D eigenvalue weighted by Gasteiger charge is 2.22. The Labute approximate surface area is 94.0 Å². The Bertz CT molecular complexity index is 165. The zero-order chi connectivity index (χ0) is 11.3. The predicted molar refractivity (Wildman–Crippen MR) is 63.9 cm³/mol. The number of morpholine rings is 1. The van der Waals surface area contributed by atoms with Crippen molar-refractivity contribution in [2.45, 2.75) is 58.3 Å². The molecule has 0 amide bonds. The molecule has 90 valence electrons. The number of unbranched alkanes of at least 4 members (excludes halogenated alkanes) is 1. The minimum atomic E-state index is 0.336. The van der Waals surface area contributed by atoms with E-state index in [-0.39, 0.29) is 0 Å². The Morgan fingerprint density at radius 2 is 1.93 bits per heavy atom. The maximum absolute atomic E-state index is 6.10. The molecule has 0 aliphatic carbocycles. The molecule has 0 aromatic carbocycles. The van der Waals surface area contributed by atoms with Gasteiger partial charge in [-0.15, -0.1) is 0 Å². The van der Waals surface area contributed by atoms with Crippen molar-refractivity contribution in [1.82, 2.24) is 4.90 Å². The summed E-state index contributed by atoms with van der Waals surface area (Å²) in [5, 5.41) is 0. The maximum Gasteiger partial charge on any atom is 0.0678 e. The van der Waals surface area contributed by atoms with Crippen molar-refractivity contribution in [3.05, 3.63) is 0 Å². The van der Waals surface area contributed by atoms with Crippen molar-refractivity contribution >= 4 is 0 Å². The van der Waals surface area contributed by atoms with Gasteiger partial charge in [-0.2, -0.15) is 0 Å². The molecule has 2 N–H and O–H groups in total. The third kappa shape index (κ3) is 4.96. The molecule has 0 bridgehead atoms. The van der Waals surface area contributed by atoms with Gasteiger partial charge in [0.2, 0.25) is 0 Å². The van der Waals surface area contributed by atoms with Crippen LogP contribution in [0.4, 0.5) is 0 Å². The largest absolute Gasteiger partial charge is 0.373 e. The molecule has 1 rings (SSSR count). The normalized spacial score (nSPS) is 30.4. The van der Waals surface area contributed by atoms with Crippen molar-refractivity contribution in [1.29, 1.82) is 0 Å². The lowest BCUT2D eigenvalue weighted by molar-refractivity contribution is -0.0692. The van der Waals surface area contributed by atoms with Crippen LogP contribution in [-0.2, 0) is 4.74 Å². The monoisotopic (exact) mass is 214 g/mol. The molecule has 3 heteroatoms. The first kappa shape index (κ1) is 12.9. The molecule has 0 radical (unpaired) electrons. The molecule has 3 nitrogen and oxygen atoms in total. The van der Waals surface area contributed by atoms with E-state index in [1.165, 1.54) is 12.8 Å². The highest BCUT2D eigenvalue weighted by molar-refractivity contribution is 4.76. The van der Waals surface area contributed by atoms with Crippen LogP contribution in [0.5, 0.6) is 0 Å². The van der Waals surface area contributed by atoms with Crippen molar-refractivity contribution in [2.24, 2.45) is 5.73 Å². The number of hydrogen-bond donors (Lipinski definition) is 1. The van der Waals surface area contributed by atoms with E-state index in [4.69, 9.17) is 10.5 Å². The molecular formula is C12H26N2O. The molecule has 1 unspecified atom stereocenters. The molecule has 1 saturated heterocycles. The fourth-order valence-electron chi connectivity index (χ4n) is 2.32. The Morgan fingerprint density at radius 3 is 2.47 bits per heavy atom. The maximum atomic E-state index is 6.10. The Morgan fingerprint density at radius 1 is 1.33 bits per heavy atom. The van der Waals surface area contributed by atoms with Gasteiger partial charge in [-0.05, 0) is 20.3 Å². The number of rotatable bonds is 5. The van der Waals surface area contributed by atoms with E-state index in [1.807, 2.05) is 0 Å². The average molecular weight is 214 g/mol.